The summed E-state index contributed by atoms with van der Waals surface area (Å²) in [7, 11) is 0. The Hall–Kier alpha value is -0.280. The van der Waals surface area contributed by atoms with Crippen molar-refractivity contribution in [2.24, 2.45) is 5.73 Å². The zero-order chi connectivity index (χ0) is 14.3. The first kappa shape index (κ1) is 16.8. The van der Waals surface area contributed by atoms with E-state index in [0.29, 0.717) is 16.6 Å². The van der Waals surface area contributed by atoms with Crippen LogP contribution in [0.4, 0.5) is 0 Å². The Morgan fingerprint density at radius 2 is 1.89 bits per heavy atom. The van der Waals surface area contributed by atoms with Gasteiger partial charge in [0.15, 0.2) is 0 Å². The highest BCUT2D eigenvalue weighted by molar-refractivity contribution is 6.42. The molecule has 0 aromatic heterocycles. The number of hydrogen-bond donors (Lipinski definition) is 2. The van der Waals surface area contributed by atoms with Gasteiger partial charge < -0.3 is 10.8 Å². The van der Waals surface area contributed by atoms with E-state index in [0.717, 1.165) is 24.8 Å². The Morgan fingerprint density at radius 3 is 2.47 bits per heavy atom. The highest BCUT2D eigenvalue weighted by atomic mass is 35.5. The van der Waals surface area contributed by atoms with Gasteiger partial charge in [-0.05, 0) is 24.1 Å². The highest BCUT2D eigenvalue weighted by Gasteiger charge is 2.20. The van der Waals surface area contributed by atoms with E-state index in [-0.39, 0.29) is 5.92 Å². The van der Waals surface area contributed by atoms with Crippen molar-refractivity contribution in [3.8, 4) is 0 Å². The van der Waals surface area contributed by atoms with Gasteiger partial charge >= 0.3 is 0 Å². The van der Waals surface area contributed by atoms with Gasteiger partial charge in [0.2, 0.25) is 0 Å². The fourth-order valence-electron chi connectivity index (χ4n) is 2.24. The molecule has 19 heavy (non-hydrogen) atoms. The summed E-state index contributed by atoms with van der Waals surface area (Å²) in [4.78, 5) is 0. The summed E-state index contributed by atoms with van der Waals surface area (Å²) >= 11 is 11.9. The zero-order valence-electron chi connectivity index (χ0n) is 11.4. The van der Waals surface area contributed by atoms with Crippen molar-refractivity contribution in [1.29, 1.82) is 0 Å². The Labute approximate surface area is 125 Å². The van der Waals surface area contributed by atoms with Crippen molar-refractivity contribution in [2.75, 3.05) is 6.54 Å². The second kappa shape index (κ2) is 8.80. The van der Waals surface area contributed by atoms with Crippen LogP contribution in [-0.2, 0) is 0 Å². The molecule has 2 nitrogen and oxygen atoms in total. The summed E-state index contributed by atoms with van der Waals surface area (Å²) in [6.07, 6.45) is 4.97. The van der Waals surface area contributed by atoms with Gasteiger partial charge in [-0.2, -0.15) is 0 Å². The topological polar surface area (TPSA) is 46.2 Å². The van der Waals surface area contributed by atoms with Crippen LogP contribution in [0.15, 0.2) is 18.2 Å². The van der Waals surface area contributed by atoms with Crippen LogP contribution >= 0.6 is 23.2 Å². The van der Waals surface area contributed by atoms with Crippen LogP contribution in [0.25, 0.3) is 0 Å². The monoisotopic (exact) mass is 303 g/mol. The number of rotatable bonds is 8. The molecule has 0 aliphatic carbocycles. The number of hydrogen-bond acceptors (Lipinski definition) is 2. The molecule has 0 saturated carbocycles. The molecule has 1 rings (SSSR count). The van der Waals surface area contributed by atoms with Gasteiger partial charge in [-0.3, -0.25) is 0 Å². The number of aliphatic hydroxyl groups excluding tert-OH is 1. The van der Waals surface area contributed by atoms with E-state index in [4.69, 9.17) is 28.9 Å². The maximum Gasteiger partial charge on any atom is 0.0620 e. The van der Waals surface area contributed by atoms with E-state index in [1.54, 1.807) is 12.1 Å². The number of unbranched alkanes of at least 4 members (excludes halogenated alkanes) is 3. The van der Waals surface area contributed by atoms with Crippen LogP contribution in [-0.4, -0.2) is 17.8 Å². The molecule has 0 aliphatic heterocycles. The van der Waals surface area contributed by atoms with Crippen LogP contribution < -0.4 is 5.73 Å². The third-order valence-electron chi connectivity index (χ3n) is 3.44. The molecule has 0 spiro atoms. The van der Waals surface area contributed by atoms with Gasteiger partial charge in [0.05, 0.1) is 16.1 Å². The van der Waals surface area contributed by atoms with Gasteiger partial charge in [-0.1, -0.05) is 61.9 Å². The van der Waals surface area contributed by atoms with Gasteiger partial charge in [-0.25, -0.2) is 0 Å². The molecule has 3 N–H and O–H groups in total. The molecule has 1 aromatic rings. The largest absolute Gasteiger partial charge is 0.392 e. The van der Waals surface area contributed by atoms with E-state index >= 15 is 0 Å². The highest BCUT2D eigenvalue weighted by Crippen LogP contribution is 2.29. The van der Waals surface area contributed by atoms with E-state index in [9.17, 15) is 5.11 Å². The second-order valence-electron chi connectivity index (χ2n) is 4.93. The third-order valence-corrected chi connectivity index (χ3v) is 4.18. The average molecular weight is 304 g/mol. The maximum atomic E-state index is 10.3. The normalized spacial score (nSPS) is 14.4. The van der Waals surface area contributed by atoms with Gasteiger partial charge in [0.1, 0.15) is 0 Å². The van der Waals surface area contributed by atoms with Crippen LogP contribution in [0.1, 0.15) is 50.5 Å². The van der Waals surface area contributed by atoms with Gasteiger partial charge in [0, 0.05) is 12.5 Å². The smallest absolute Gasteiger partial charge is 0.0620 e. The van der Waals surface area contributed by atoms with E-state index < -0.39 is 6.10 Å². The lowest BCUT2D eigenvalue weighted by atomic mass is 9.90. The summed E-state index contributed by atoms with van der Waals surface area (Å²) < 4.78 is 0. The molecule has 0 radical (unpaired) electrons. The number of nitrogens with two attached hydrogens (primary N) is 1. The summed E-state index contributed by atoms with van der Waals surface area (Å²) in [6, 6.07) is 5.45. The molecular formula is C15H23Cl2NO. The zero-order valence-corrected chi connectivity index (χ0v) is 12.9. The molecule has 0 heterocycles. The Morgan fingerprint density at radius 1 is 1.16 bits per heavy atom. The van der Waals surface area contributed by atoms with Crippen LogP contribution in [0, 0.1) is 0 Å². The van der Waals surface area contributed by atoms with Gasteiger partial charge in [-0.15, -0.1) is 0 Å². The lowest BCUT2D eigenvalue weighted by molar-refractivity contribution is 0.132. The first-order chi connectivity index (χ1) is 9.10. The molecular weight excluding hydrogens is 281 g/mol. The predicted molar refractivity (Wildman–Crippen MR) is 83.0 cm³/mol. The van der Waals surface area contributed by atoms with Crippen molar-refractivity contribution in [2.45, 2.75) is 51.0 Å². The lowest BCUT2D eigenvalue weighted by Gasteiger charge is -2.22. The molecule has 0 fully saturated rings. The molecule has 0 amide bonds. The van der Waals surface area contributed by atoms with Gasteiger partial charge in [0.25, 0.3) is 0 Å². The summed E-state index contributed by atoms with van der Waals surface area (Å²) in [6.45, 7) is 2.59. The Balaban J connectivity index is 2.62. The number of halogens is 2. The summed E-state index contributed by atoms with van der Waals surface area (Å²) in [5, 5.41) is 11.3. The van der Waals surface area contributed by atoms with Crippen molar-refractivity contribution < 1.29 is 5.11 Å². The van der Waals surface area contributed by atoms with Crippen LogP contribution in [0.2, 0.25) is 10.0 Å². The van der Waals surface area contributed by atoms with Crippen molar-refractivity contribution >= 4 is 23.2 Å². The van der Waals surface area contributed by atoms with E-state index in [1.165, 1.54) is 12.8 Å². The predicted octanol–water partition coefficient (Wildman–Crippen LogP) is 4.37. The molecule has 108 valence electrons. The fraction of sp³-hybridized carbons (Fsp3) is 0.600. The van der Waals surface area contributed by atoms with E-state index in [2.05, 4.69) is 6.92 Å². The number of benzene rings is 1. The molecule has 0 aliphatic rings. The lowest BCUT2D eigenvalue weighted by Crippen LogP contribution is -2.25. The van der Waals surface area contributed by atoms with Crippen molar-refractivity contribution in [3.63, 3.8) is 0 Å². The molecule has 0 saturated heterocycles. The summed E-state index contributed by atoms with van der Waals surface area (Å²) in [5.74, 6) is -0.0728. The molecule has 0 bridgehead atoms. The van der Waals surface area contributed by atoms with Crippen molar-refractivity contribution in [1.82, 2.24) is 0 Å². The molecule has 4 heteroatoms. The van der Waals surface area contributed by atoms with Crippen LogP contribution in [0.3, 0.4) is 0 Å². The second-order valence-corrected chi connectivity index (χ2v) is 5.75. The standard InChI is InChI=1S/C15H23Cl2NO/c1-2-3-4-5-6-15(19)12(10-18)11-7-8-13(16)14(17)9-11/h7-9,12,15,19H,2-6,10,18H2,1H3. The third kappa shape index (κ3) is 5.31. The Kier molecular flexibility index (Phi) is 7.77. The van der Waals surface area contributed by atoms with Crippen molar-refractivity contribution in [3.05, 3.63) is 33.8 Å². The average Bonchev–Trinajstić information content (AvgIpc) is 2.40. The van der Waals surface area contributed by atoms with Crippen LogP contribution in [0.5, 0.6) is 0 Å². The first-order valence-corrected chi connectivity index (χ1v) is 7.68. The minimum absolute atomic E-state index is 0.0728. The maximum absolute atomic E-state index is 10.3. The fourth-order valence-corrected chi connectivity index (χ4v) is 2.55. The molecule has 2 unspecified atom stereocenters. The number of aliphatic hydroxyl groups is 1. The Bertz CT molecular complexity index is 384. The minimum Gasteiger partial charge on any atom is -0.392 e. The quantitative estimate of drug-likeness (QED) is 0.701. The SMILES string of the molecule is CCCCCCC(O)C(CN)c1ccc(Cl)c(Cl)c1. The first-order valence-electron chi connectivity index (χ1n) is 6.93. The molecule has 2 atom stereocenters. The summed E-state index contributed by atoms with van der Waals surface area (Å²) in [5.41, 5.74) is 6.75. The minimum atomic E-state index is -0.418. The van der Waals surface area contributed by atoms with E-state index in [1.807, 2.05) is 6.07 Å². The molecule has 1 aromatic carbocycles.